The van der Waals surface area contributed by atoms with E-state index in [0.717, 1.165) is 74.0 Å². The highest BCUT2D eigenvalue weighted by molar-refractivity contribution is 5.98. The van der Waals surface area contributed by atoms with Crippen LogP contribution >= 0.6 is 0 Å². The lowest BCUT2D eigenvalue weighted by atomic mass is 9.65. The quantitative estimate of drug-likeness (QED) is 0.0159. The number of cyclic esters (lactones) is 1. The highest BCUT2D eigenvalue weighted by Crippen LogP contribution is 2.48. The van der Waals surface area contributed by atoms with Crippen molar-refractivity contribution in [2.45, 2.75) is 161 Å². The van der Waals surface area contributed by atoms with Gasteiger partial charge in [-0.25, -0.2) is 14.2 Å². The van der Waals surface area contributed by atoms with Crippen molar-refractivity contribution >= 4 is 69.8 Å². The number of pyridine rings is 2. The molecule has 704 valence electrons. The minimum atomic E-state index is -2.10. The number of aliphatic hydroxyl groups is 1. The number of nitrogens with two attached hydrogens (primary N) is 1. The summed E-state index contributed by atoms with van der Waals surface area (Å²) >= 11 is 0. The molecule has 6 aliphatic rings. The topological polar surface area (TPSA) is 431 Å². The number of nitrogens with zero attached hydrogens (tertiary/aromatic N) is 4. The molecule has 36 heteroatoms. The first-order valence-electron chi connectivity index (χ1n) is 44.9. The van der Waals surface area contributed by atoms with Crippen molar-refractivity contribution < 1.29 is 119 Å². The van der Waals surface area contributed by atoms with Crippen LogP contribution in [0.15, 0.2) is 65.5 Å². The predicted octanol–water partition coefficient (Wildman–Crippen LogP) is 4.25. The molecule has 2 fully saturated rings. The van der Waals surface area contributed by atoms with Crippen molar-refractivity contribution in [3.63, 3.8) is 0 Å². The van der Waals surface area contributed by atoms with E-state index in [1.54, 1.807) is 18.7 Å². The van der Waals surface area contributed by atoms with E-state index in [1.807, 2.05) is 53.4 Å². The number of piperidine rings is 1. The third-order valence-corrected chi connectivity index (χ3v) is 24.1. The van der Waals surface area contributed by atoms with Crippen LogP contribution in [-0.4, -0.2) is 282 Å². The summed E-state index contributed by atoms with van der Waals surface area (Å²) in [5.41, 5.74) is 9.70. The molecule has 5 atom stereocenters. The Morgan fingerprint density at radius 2 is 1.09 bits per heavy atom. The van der Waals surface area contributed by atoms with E-state index in [0.29, 0.717) is 199 Å². The van der Waals surface area contributed by atoms with Gasteiger partial charge in [0.1, 0.15) is 30.5 Å². The number of aromatic nitrogens is 2. The molecule has 1 saturated carbocycles. The standard InChI is InChI=1S/C93H125FN10O25/c1-5-93(115)72-56-78-85-70(60-104(78)90(113)71(72)61-129-91(93)114)84-74(17-16-69-62(2)73(94)57-75(99-85)83(69)84)100-89(112)76(58-79(95)105)101-87(110)64(4)98-86(109)63(3)97-80(106)21-30-116-32-34-118-36-38-120-40-42-122-44-46-124-48-50-126-52-54-128-55-53-127-51-49-125-47-45-123-43-41-121-39-37-119-35-33-117-31-22-81(107)102-28-25-92(26-29-102)23-18-67(19-24-92)88(111)96-27-20-82(108)103-59-68-12-7-6-10-65(68)14-15-66-11-8-9-13-77(66)103/h6-13,56-57,63-64,67,74,76,115H,5,16-55,58-61H2,1-4H3,(H2,95,105)(H,96,111)(H,97,106)(H,98,109)(H,100,112)(H,101,110). The van der Waals surface area contributed by atoms with Gasteiger partial charge in [-0.2, -0.15) is 0 Å². The second-order valence-electron chi connectivity index (χ2n) is 32.7. The van der Waals surface area contributed by atoms with Gasteiger partial charge in [0.05, 0.1) is 232 Å². The van der Waals surface area contributed by atoms with Gasteiger partial charge in [0.15, 0.2) is 5.60 Å². The maximum atomic E-state index is 15.5. The summed E-state index contributed by atoms with van der Waals surface area (Å²) in [5, 5.41) is 25.6. The number of aryl methyl sites for hydroxylation is 1. The summed E-state index contributed by atoms with van der Waals surface area (Å²) in [4.78, 5) is 142. The Balaban J connectivity index is 0.410. The maximum Gasteiger partial charge on any atom is 0.343 e. The van der Waals surface area contributed by atoms with E-state index in [9.17, 15) is 53.1 Å². The van der Waals surface area contributed by atoms with Gasteiger partial charge in [-0.1, -0.05) is 49.1 Å². The predicted molar refractivity (Wildman–Crippen MR) is 467 cm³/mol. The van der Waals surface area contributed by atoms with E-state index in [4.69, 9.17) is 77.0 Å². The summed E-state index contributed by atoms with van der Waals surface area (Å²) in [7, 11) is 0. The summed E-state index contributed by atoms with van der Waals surface area (Å²) in [6.07, 6.45) is 5.69. The zero-order chi connectivity index (χ0) is 91.5. The highest BCUT2D eigenvalue weighted by Gasteiger charge is 2.47. The molecule has 5 aromatic rings. The number of hydrogen-bond acceptors (Lipinski definition) is 26. The SMILES string of the molecule is CCC1(O)C(=O)OCc2c1cc1n(c2=O)Cc2c-1nc1cc(F)c(C)c3c1c2C(NC(=O)C(CC(N)=O)NC(=O)C(C)NC(=O)C(C)NC(=O)CCOCCOCCOCCOCCOCCOCCOCCOCCOCCOCCOCCOCCOCCC(=O)N1CCC2(CCC(C(=O)NCCC(=O)N4Cc5ccccc5C#Cc5ccccc54)CC2)CC1)CC3. The fraction of sp³-hybridized carbons (Fsp3) is 0.602. The van der Waals surface area contributed by atoms with E-state index in [1.165, 1.54) is 30.5 Å². The smallest absolute Gasteiger partial charge is 0.343 e. The van der Waals surface area contributed by atoms with E-state index in [2.05, 4.69) is 38.4 Å². The largest absolute Gasteiger partial charge is 0.458 e. The molecule has 6 heterocycles. The number of primary amides is 1. The number of carbonyl (C=O) groups is 9. The van der Waals surface area contributed by atoms with Crippen LogP contribution in [0, 0.1) is 35.9 Å². The molecule has 2 aromatic heterocycles. The van der Waals surface area contributed by atoms with Crippen LogP contribution in [0.4, 0.5) is 10.1 Å². The first kappa shape index (κ1) is 99.7. The number of fused-ring (bicyclic) bond motifs is 7. The fourth-order valence-electron chi connectivity index (χ4n) is 16.7. The monoisotopic (exact) mass is 1800 g/mol. The molecular weight excluding hydrogens is 1680 g/mol. The Labute approximate surface area is 750 Å². The van der Waals surface area contributed by atoms with Crippen LogP contribution in [0.3, 0.4) is 0 Å². The van der Waals surface area contributed by atoms with Crippen molar-refractivity contribution in [2.24, 2.45) is 17.1 Å². The van der Waals surface area contributed by atoms with E-state index in [-0.39, 0.29) is 122 Å². The molecule has 2 aliphatic carbocycles. The number of carbonyl (C=O) groups excluding carboxylic acids is 9. The second kappa shape index (κ2) is 51.1. The van der Waals surface area contributed by atoms with Crippen molar-refractivity contribution in [2.75, 3.05) is 196 Å². The molecule has 1 saturated heterocycles. The number of benzene rings is 3. The number of hydrogen-bond donors (Lipinski definition) is 7. The molecule has 0 bridgehead atoms. The van der Waals surface area contributed by atoms with Gasteiger partial charge in [-0.3, -0.25) is 43.2 Å². The number of likely N-dealkylation sites (tertiary alicyclic amines) is 1. The Hall–Kier alpha value is -9.82. The number of amides is 8. The molecule has 8 N–H and O–H groups in total. The molecule has 35 nitrogen and oxygen atoms in total. The summed E-state index contributed by atoms with van der Waals surface area (Å²) in [6, 6.07) is 13.7. The number of anilines is 1. The molecule has 1 spiro atoms. The first-order valence-corrected chi connectivity index (χ1v) is 44.9. The summed E-state index contributed by atoms with van der Waals surface area (Å²) in [5.74, 6) is 1.29. The molecule has 4 aliphatic heterocycles. The molecule has 8 amide bonds. The van der Waals surface area contributed by atoms with E-state index < -0.39 is 83.1 Å². The molecule has 129 heavy (non-hydrogen) atoms. The van der Waals surface area contributed by atoms with Crippen LogP contribution in [0.2, 0.25) is 0 Å². The molecule has 11 rings (SSSR count). The van der Waals surface area contributed by atoms with Gasteiger partial charge >= 0.3 is 5.97 Å². The second-order valence-corrected chi connectivity index (χ2v) is 32.7. The third-order valence-electron chi connectivity index (χ3n) is 24.1. The van der Waals surface area contributed by atoms with Gasteiger partial charge in [0, 0.05) is 72.1 Å². The van der Waals surface area contributed by atoms with Crippen molar-refractivity contribution in [1.29, 1.82) is 0 Å². The number of para-hydroxylation sites is 1. The third kappa shape index (κ3) is 28.6. The Morgan fingerprint density at radius 3 is 1.64 bits per heavy atom. The van der Waals surface area contributed by atoms with Crippen molar-refractivity contribution in [3.8, 4) is 23.2 Å². The molecule has 0 radical (unpaired) electrons. The Kier molecular flexibility index (Phi) is 39.5. The average molecular weight is 1800 g/mol. The first-order chi connectivity index (χ1) is 62.6. The van der Waals surface area contributed by atoms with Gasteiger partial charge in [0.25, 0.3) is 5.56 Å². The lowest BCUT2D eigenvalue weighted by molar-refractivity contribution is -0.172. The van der Waals surface area contributed by atoms with Crippen LogP contribution in [0.25, 0.3) is 22.3 Å². The Bertz CT molecular complexity index is 4750. The minimum absolute atomic E-state index is 0.0162. The number of nitrogens with one attached hydrogen (secondary N) is 5. The van der Waals surface area contributed by atoms with Gasteiger partial charge in [-0.05, 0) is 130 Å². The van der Waals surface area contributed by atoms with Crippen LogP contribution in [0.5, 0.6) is 0 Å². The van der Waals surface area contributed by atoms with Crippen LogP contribution in [-0.2, 0) is 141 Å². The number of ether oxygens (including phenoxy) is 14. The lowest BCUT2D eigenvalue weighted by Gasteiger charge is -2.45. The Morgan fingerprint density at radius 1 is 0.589 bits per heavy atom. The zero-order valence-electron chi connectivity index (χ0n) is 74.5. The van der Waals surface area contributed by atoms with Crippen molar-refractivity contribution in [1.82, 2.24) is 41.0 Å². The van der Waals surface area contributed by atoms with Gasteiger partial charge < -0.3 is 118 Å². The zero-order valence-corrected chi connectivity index (χ0v) is 74.5. The number of esters is 1. The van der Waals surface area contributed by atoms with Gasteiger partial charge in [0.2, 0.25) is 47.3 Å². The summed E-state index contributed by atoms with van der Waals surface area (Å²) in [6.45, 7) is 17.5. The molecular formula is C93H125FN10O25. The average Bonchev–Trinajstić information content (AvgIpc) is 1.57. The minimum Gasteiger partial charge on any atom is -0.458 e. The molecule has 3 aromatic carbocycles. The van der Waals surface area contributed by atoms with Gasteiger partial charge in [-0.15, -0.1) is 0 Å². The van der Waals surface area contributed by atoms with Crippen molar-refractivity contribution in [3.05, 3.63) is 127 Å². The van der Waals surface area contributed by atoms with Crippen LogP contribution in [0.1, 0.15) is 154 Å². The lowest BCUT2D eigenvalue weighted by Crippen LogP contribution is -2.56. The van der Waals surface area contributed by atoms with Crippen LogP contribution < -0.4 is 42.8 Å². The fourth-order valence-corrected chi connectivity index (χ4v) is 16.7. The molecule has 5 unspecified atom stereocenters. The highest BCUT2D eigenvalue weighted by atomic mass is 19.1. The van der Waals surface area contributed by atoms with E-state index >= 15 is 4.39 Å². The maximum absolute atomic E-state index is 15.5. The normalized spacial score (nSPS) is 17.2. The summed E-state index contributed by atoms with van der Waals surface area (Å²) < 4.78 is 94.6. The number of halogens is 1. The number of rotatable bonds is 56.